The molecule has 0 radical (unpaired) electrons. The number of ether oxygens (including phenoxy) is 1. The van der Waals surface area contributed by atoms with Gasteiger partial charge in [0.25, 0.3) is 10.0 Å². The maximum absolute atomic E-state index is 14.6. The van der Waals surface area contributed by atoms with Gasteiger partial charge in [-0.05, 0) is 92.1 Å². The quantitative estimate of drug-likeness (QED) is 0.140. The van der Waals surface area contributed by atoms with Gasteiger partial charge in [0, 0.05) is 29.1 Å². The molecule has 4 aromatic rings. The Labute approximate surface area is 291 Å². The number of carbonyl (C=O) groups is 2. The number of sulfonamides is 1. The predicted octanol–water partition coefficient (Wildman–Crippen LogP) is 7.28. The van der Waals surface area contributed by atoms with Crippen molar-refractivity contribution in [1.29, 1.82) is 0 Å². The highest BCUT2D eigenvalue weighted by Gasteiger charge is 2.35. The zero-order valence-electron chi connectivity index (χ0n) is 26.9. The number of nitrogens with zero attached hydrogens (tertiary/aromatic N) is 2. The molecular formula is C36H38Cl2FN3O5S. The van der Waals surface area contributed by atoms with E-state index in [0.29, 0.717) is 29.4 Å². The molecule has 1 N–H and O–H groups in total. The van der Waals surface area contributed by atoms with E-state index in [1.54, 1.807) is 12.1 Å². The normalized spacial score (nSPS) is 12.5. The molecule has 12 heteroatoms. The summed E-state index contributed by atoms with van der Waals surface area (Å²) in [5, 5.41) is 3.65. The molecule has 4 rings (SSSR count). The summed E-state index contributed by atoms with van der Waals surface area (Å²) in [5.41, 5.74) is 1.36. The molecule has 2 unspecified atom stereocenters. The van der Waals surface area contributed by atoms with Gasteiger partial charge in [-0.1, -0.05) is 66.5 Å². The van der Waals surface area contributed by atoms with Crippen LogP contribution in [-0.4, -0.2) is 50.4 Å². The highest BCUT2D eigenvalue weighted by molar-refractivity contribution is 7.92. The summed E-state index contributed by atoms with van der Waals surface area (Å²) >= 11 is 12.7. The summed E-state index contributed by atoms with van der Waals surface area (Å²) < 4.78 is 48.7. The van der Waals surface area contributed by atoms with Crippen LogP contribution in [0.4, 0.5) is 10.1 Å². The fourth-order valence-electron chi connectivity index (χ4n) is 4.97. The molecule has 254 valence electrons. The summed E-state index contributed by atoms with van der Waals surface area (Å²) in [6.45, 7) is 5.17. The first-order valence-electron chi connectivity index (χ1n) is 15.5. The van der Waals surface area contributed by atoms with Crippen LogP contribution >= 0.6 is 23.2 Å². The van der Waals surface area contributed by atoms with Crippen molar-refractivity contribution in [2.45, 2.75) is 57.1 Å². The minimum atomic E-state index is -4.38. The molecular weight excluding hydrogens is 676 g/mol. The van der Waals surface area contributed by atoms with Crippen molar-refractivity contribution in [1.82, 2.24) is 10.2 Å². The largest absolute Gasteiger partial charge is 0.494 e. The van der Waals surface area contributed by atoms with Gasteiger partial charge in [-0.25, -0.2) is 12.8 Å². The average molecular weight is 715 g/mol. The van der Waals surface area contributed by atoms with Crippen molar-refractivity contribution in [3.63, 3.8) is 0 Å². The predicted molar refractivity (Wildman–Crippen MR) is 187 cm³/mol. The summed E-state index contributed by atoms with van der Waals surface area (Å²) in [6, 6.07) is 23.4. The molecule has 2 amide bonds. The van der Waals surface area contributed by atoms with Crippen molar-refractivity contribution in [3.8, 4) is 5.75 Å². The Morgan fingerprint density at radius 3 is 2.19 bits per heavy atom. The fourth-order valence-corrected chi connectivity index (χ4v) is 6.85. The van der Waals surface area contributed by atoms with Gasteiger partial charge in [-0.3, -0.25) is 13.9 Å². The summed E-state index contributed by atoms with van der Waals surface area (Å²) in [5.74, 6) is -1.19. The van der Waals surface area contributed by atoms with E-state index in [1.807, 2.05) is 51.1 Å². The summed E-state index contributed by atoms with van der Waals surface area (Å²) in [4.78, 5) is 29.7. The lowest BCUT2D eigenvalue weighted by molar-refractivity contribution is -0.140. The zero-order valence-corrected chi connectivity index (χ0v) is 29.2. The van der Waals surface area contributed by atoms with Crippen LogP contribution in [0.1, 0.15) is 38.3 Å². The van der Waals surface area contributed by atoms with Crippen LogP contribution in [0.3, 0.4) is 0 Å². The Hall–Kier alpha value is -4.12. The Kier molecular flexibility index (Phi) is 12.9. The van der Waals surface area contributed by atoms with E-state index in [0.717, 1.165) is 22.0 Å². The molecule has 0 heterocycles. The first-order valence-corrected chi connectivity index (χ1v) is 17.7. The van der Waals surface area contributed by atoms with Gasteiger partial charge in [0.2, 0.25) is 11.8 Å². The van der Waals surface area contributed by atoms with E-state index in [-0.39, 0.29) is 34.6 Å². The molecule has 0 aromatic heterocycles. The van der Waals surface area contributed by atoms with Crippen LogP contribution in [-0.2, 0) is 32.6 Å². The second kappa shape index (κ2) is 16.8. The Balaban J connectivity index is 1.82. The summed E-state index contributed by atoms with van der Waals surface area (Å²) in [7, 11) is -4.38. The molecule has 8 nitrogen and oxygen atoms in total. The monoisotopic (exact) mass is 713 g/mol. The fraction of sp³-hybridized carbons (Fsp3) is 0.278. The van der Waals surface area contributed by atoms with Crippen molar-refractivity contribution < 1.29 is 27.1 Å². The maximum Gasteiger partial charge on any atom is 0.264 e. The topological polar surface area (TPSA) is 96.0 Å². The van der Waals surface area contributed by atoms with Gasteiger partial charge in [0.05, 0.1) is 17.2 Å². The van der Waals surface area contributed by atoms with Crippen LogP contribution in [0, 0.1) is 5.82 Å². The first kappa shape index (κ1) is 36.7. The lowest BCUT2D eigenvalue weighted by atomic mass is 10.0. The van der Waals surface area contributed by atoms with Crippen LogP contribution in [0.5, 0.6) is 5.75 Å². The Morgan fingerprint density at radius 1 is 0.917 bits per heavy atom. The number of halogens is 3. The first-order chi connectivity index (χ1) is 22.9. The van der Waals surface area contributed by atoms with Crippen molar-refractivity contribution >= 4 is 50.7 Å². The molecule has 48 heavy (non-hydrogen) atoms. The number of amides is 2. The molecule has 0 saturated heterocycles. The smallest absolute Gasteiger partial charge is 0.264 e. The van der Waals surface area contributed by atoms with Crippen LogP contribution in [0.15, 0.2) is 102 Å². The average Bonchev–Trinajstić information content (AvgIpc) is 3.07. The van der Waals surface area contributed by atoms with Gasteiger partial charge in [0.15, 0.2) is 0 Å². The van der Waals surface area contributed by atoms with E-state index in [1.165, 1.54) is 47.4 Å². The SMILES string of the molecule is CCOc1ccc(S(=O)(=O)N(CC(=O)N(Cc2ccc(Cl)cc2Cl)C(Cc2ccccc2)C(=O)NC(C)CC)c2ccc(F)cc2)cc1. The third-order valence-corrected chi connectivity index (χ3v) is 10.1. The number of anilines is 1. The second-order valence-electron chi connectivity index (χ2n) is 11.2. The Bertz CT molecular complexity index is 1790. The molecule has 0 fully saturated rings. The third kappa shape index (κ3) is 9.49. The minimum Gasteiger partial charge on any atom is -0.494 e. The standard InChI is InChI=1S/C36H38Cl2FN3O5S/c1-4-25(3)40-36(44)34(21-26-9-7-6-8-10-26)41(23-27-11-12-28(37)22-33(27)38)35(43)24-42(30-15-13-29(39)14-16-30)48(45,46)32-19-17-31(18-20-32)47-5-2/h6-20,22,25,34H,4-5,21,23-24H2,1-3H3,(H,40,44). The lowest BCUT2D eigenvalue weighted by Gasteiger charge is -2.34. The van der Waals surface area contributed by atoms with E-state index in [9.17, 15) is 22.4 Å². The third-order valence-electron chi connectivity index (χ3n) is 7.74. The van der Waals surface area contributed by atoms with Crippen molar-refractivity contribution in [2.24, 2.45) is 0 Å². The maximum atomic E-state index is 14.6. The van der Waals surface area contributed by atoms with E-state index >= 15 is 0 Å². The van der Waals surface area contributed by atoms with Gasteiger partial charge < -0.3 is 15.0 Å². The van der Waals surface area contributed by atoms with Crippen LogP contribution in [0.2, 0.25) is 10.0 Å². The lowest BCUT2D eigenvalue weighted by Crippen LogP contribution is -2.54. The molecule has 0 saturated carbocycles. The number of hydrogen-bond acceptors (Lipinski definition) is 5. The van der Waals surface area contributed by atoms with E-state index < -0.39 is 40.2 Å². The molecule has 0 aliphatic rings. The number of nitrogens with one attached hydrogen (secondary N) is 1. The highest BCUT2D eigenvalue weighted by atomic mass is 35.5. The van der Waals surface area contributed by atoms with Crippen molar-refractivity contribution in [2.75, 3.05) is 17.5 Å². The highest BCUT2D eigenvalue weighted by Crippen LogP contribution is 2.28. The minimum absolute atomic E-state index is 0.0618. The van der Waals surface area contributed by atoms with Gasteiger partial charge in [-0.15, -0.1) is 0 Å². The Morgan fingerprint density at radius 2 is 1.58 bits per heavy atom. The second-order valence-corrected chi connectivity index (χ2v) is 13.9. The summed E-state index contributed by atoms with van der Waals surface area (Å²) in [6.07, 6.45) is 0.793. The van der Waals surface area contributed by atoms with Gasteiger partial charge >= 0.3 is 0 Å². The van der Waals surface area contributed by atoms with Gasteiger partial charge in [0.1, 0.15) is 24.2 Å². The number of carbonyl (C=O) groups excluding carboxylic acids is 2. The zero-order chi connectivity index (χ0) is 34.8. The van der Waals surface area contributed by atoms with E-state index in [4.69, 9.17) is 27.9 Å². The molecule has 2 atom stereocenters. The van der Waals surface area contributed by atoms with Crippen molar-refractivity contribution in [3.05, 3.63) is 124 Å². The number of rotatable bonds is 15. The van der Waals surface area contributed by atoms with E-state index in [2.05, 4.69) is 5.32 Å². The molecule has 0 spiro atoms. The molecule has 0 bridgehead atoms. The molecule has 0 aliphatic carbocycles. The van der Waals surface area contributed by atoms with Crippen LogP contribution < -0.4 is 14.4 Å². The number of hydrogen-bond donors (Lipinski definition) is 1. The van der Waals surface area contributed by atoms with Gasteiger partial charge in [-0.2, -0.15) is 0 Å². The molecule has 4 aromatic carbocycles. The number of benzene rings is 4. The molecule has 0 aliphatic heterocycles. The van der Waals surface area contributed by atoms with Crippen LogP contribution in [0.25, 0.3) is 0 Å².